The maximum absolute atomic E-state index is 6.52. The molecule has 2 heterocycles. The van der Waals surface area contributed by atoms with Crippen LogP contribution in [0.1, 0.15) is 51.0 Å². The summed E-state index contributed by atoms with van der Waals surface area (Å²) in [5, 5.41) is 8.56. The first-order valence-corrected chi connectivity index (χ1v) is 7.68. The molecule has 21 heavy (non-hydrogen) atoms. The summed E-state index contributed by atoms with van der Waals surface area (Å²) in [6.07, 6.45) is 5.06. The fourth-order valence-electron chi connectivity index (χ4n) is 3.22. The van der Waals surface area contributed by atoms with E-state index in [4.69, 9.17) is 10.3 Å². The van der Waals surface area contributed by atoms with Gasteiger partial charge < -0.3 is 10.3 Å². The summed E-state index contributed by atoms with van der Waals surface area (Å²) < 4.78 is 7.22. The maximum Gasteiger partial charge on any atom is 0.276 e. The van der Waals surface area contributed by atoms with Gasteiger partial charge in [-0.05, 0) is 31.2 Å². The Morgan fingerprint density at radius 1 is 1.52 bits per heavy atom. The second-order valence-corrected chi connectivity index (χ2v) is 6.28. The van der Waals surface area contributed by atoms with Gasteiger partial charge in [0.15, 0.2) is 5.82 Å². The Hall–Kier alpha value is -1.69. The molecule has 114 valence electrons. The van der Waals surface area contributed by atoms with Crippen molar-refractivity contribution in [1.82, 2.24) is 19.9 Å². The zero-order chi connectivity index (χ0) is 15.0. The summed E-state index contributed by atoms with van der Waals surface area (Å²) in [5.41, 5.74) is 7.93. The van der Waals surface area contributed by atoms with Crippen LogP contribution >= 0.6 is 0 Å². The minimum Gasteiger partial charge on any atom is -0.332 e. The van der Waals surface area contributed by atoms with Crippen molar-refractivity contribution >= 4 is 0 Å². The molecule has 2 aromatic heterocycles. The van der Waals surface area contributed by atoms with Gasteiger partial charge in [0, 0.05) is 7.05 Å². The average molecular weight is 289 g/mol. The van der Waals surface area contributed by atoms with Crippen molar-refractivity contribution in [2.45, 2.75) is 51.5 Å². The number of aryl methyl sites for hydroxylation is 2. The van der Waals surface area contributed by atoms with Gasteiger partial charge in [0.1, 0.15) is 5.69 Å². The first-order valence-electron chi connectivity index (χ1n) is 7.68. The van der Waals surface area contributed by atoms with Gasteiger partial charge in [-0.25, -0.2) is 0 Å². The van der Waals surface area contributed by atoms with Crippen molar-refractivity contribution in [3.8, 4) is 11.6 Å². The Kier molecular flexibility index (Phi) is 3.57. The van der Waals surface area contributed by atoms with Crippen molar-refractivity contribution in [3.63, 3.8) is 0 Å². The molecule has 2 unspecified atom stereocenters. The summed E-state index contributed by atoms with van der Waals surface area (Å²) in [7, 11) is 1.89. The van der Waals surface area contributed by atoms with Crippen molar-refractivity contribution in [3.05, 3.63) is 17.6 Å². The molecule has 0 amide bonds. The lowest BCUT2D eigenvalue weighted by Gasteiger charge is -2.33. The molecule has 0 radical (unpaired) electrons. The first-order chi connectivity index (χ1) is 10.0. The van der Waals surface area contributed by atoms with E-state index >= 15 is 0 Å². The van der Waals surface area contributed by atoms with Crippen LogP contribution in [0.5, 0.6) is 0 Å². The van der Waals surface area contributed by atoms with Crippen LogP contribution in [0, 0.1) is 5.92 Å². The first kappa shape index (κ1) is 14.3. The molecule has 0 saturated heterocycles. The van der Waals surface area contributed by atoms with E-state index in [-0.39, 0.29) is 0 Å². The van der Waals surface area contributed by atoms with Gasteiger partial charge in [-0.15, -0.1) is 0 Å². The Bertz CT molecular complexity index is 632. The Morgan fingerprint density at radius 3 is 3.00 bits per heavy atom. The van der Waals surface area contributed by atoms with Gasteiger partial charge in [0.05, 0.1) is 11.2 Å². The lowest BCUT2D eigenvalue weighted by Crippen LogP contribution is -2.42. The standard InChI is InChI=1S/C15H23N5O/c1-4-11-8-12(20(3)18-11)13-17-14(19-21-13)15(16)7-5-6-10(2)9-15/h8,10H,4-7,9,16H2,1-3H3. The maximum atomic E-state index is 6.52. The molecule has 1 saturated carbocycles. The third-order valence-corrected chi connectivity index (χ3v) is 4.42. The van der Waals surface area contributed by atoms with Gasteiger partial charge in [-0.1, -0.05) is 31.8 Å². The SMILES string of the molecule is CCc1cc(-c2nc(C3(N)CCCC(C)C3)no2)n(C)n1. The van der Waals surface area contributed by atoms with Crippen LogP contribution in [-0.4, -0.2) is 19.9 Å². The smallest absolute Gasteiger partial charge is 0.276 e. The summed E-state index contributed by atoms with van der Waals surface area (Å²) >= 11 is 0. The zero-order valence-electron chi connectivity index (χ0n) is 13.0. The predicted molar refractivity (Wildman–Crippen MR) is 79.4 cm³/mol. The molecule has 2 N–H and O–H groups in total. The molecular formula is C15H23N5O. The van der Waals surface area contributed by atoms with E-state index in [1.54, 1.807) is 4.68 Å². The van der Waals surface area contributed by atoms with E-state index in [9.17, 15) is 0 Å². The molecule has 1 aliphatic carbocycles. The largest absolute Gasteiger partial charge is 0.332 e. The molecule has 0 aliphatic heterocycles. The monoisotopic (exact) mass is 289 g/mol. The highest BCUT2D eigenvalue weighted by Gasteiger charge is 2.37. The summed E-state index contributed by atoms with van der Waals surface area (Å²) in [5.74, 6) is 1.74. The van der Waals surface area contributed by atoms with Crippen molar-refractivity contribution in [2.24, 2.45) is 18.7 Å². The normalized spacial score (nSPS) is 26.2. The van der Waals surface area contributed by atoms with Crippen LogP contribution in [0.15, 0.2) is 10.6 Å². The zero-order valence-corrected chi connectivity index (χ0v) is 13.0. The third kappa shape index (κ3) is 2.60. The van der Waals surface area contributed by atoms with Crippen molar-refractivity contribution in [1.29, 1.82) is 0 Å². The van der Waals surface area contributed by atoms with Crippen LogP contribution in [0.4, 0.5) is 0 Å². The Labute approximate surface area is 124 Å². The van der Waals surface area contributed by atoms with E-state index in [1.807, 2.05) is 13.1 Å². The summed E-state index contributed by atoms with van der Waals surface area (Å²) in [6.45, 7) is 4.31. The highest BCUT2D eigenvalue weighted by atomic mass is 16.5. The molecule has 6 heteroatoms. The lowest BCUT2D eigenvalue weighted by atomic mass is 9.76. The van der Waals surface area contributed by atoms with Crippen LogP contribution in [-0.2, 0) is 19.0 Å². The fourth-order valence-corrected chi connectivity index (χ4v) is 3.22. The fraction of sp³-hybridized carbons (Fsp3) is 0.667. The van der Waals surface area contributed by atoms with Gasteiger partial charge in [-0.3, -0.25) is 4.68 Å². The summed E-state index contributed by atoms with van der Waals surface area (Å²) in [4.78, 5) is 4.56. The van der Waals surface area contributed by atoms with E-state index < -0.39 is 5.54 Å². The van der Waals surface area contributed by atoms with E-state index in [2.05, 4.69) is 29.1 Å². The van der Waals surface area contributed by atoms with Gasteiger partial charge >= 0.3 is 0 Å². The van der Waals surface area contributed by atoms with Crippen LogP contribution < -0.4 is 5.73 Å². The van der Waals surface area contributed by atoms with Crippen molar-refractivity contribution < 1.29 is 4.52 Å². The van der Waals surface area contributed by atoms with Crippen LogP contribution in [0.2, 0.25) is 0 Å². The van der Waals surface area contributed by atoms with E-state index in [0.717, 1.165) is 37.1 Å². The molecule has 6 nitrogen and oxygen atoms in total. The molecule has 1 aliphatic rings. The van der Waals surface area contributed by atoms with E-state index in [0.29, 0.717) is 17.6 Å². The number of rotatable bonds is 3. The highest BCUT2D eigenvalue weighted by molar-refractivity contribution is 5.48. The van der Waals surface area contributed by atoms with E-state index in [1.165, 1.54) is 6.42 Å². The highest BCUT2D eigenvalue weighted by Crippen LogP contribution is 2.37. The molecule has 0 aromatic carbocycles. The second kappa shape index (κ2) is 5.26. The van der Waals surface area contributed by atoms with Crippen molar-refractivity contribution in [2.75, 3.05) is 0 Å². The van der Waals surface area contributed by atoms with Gasteiger partial charge in [0.25, 0.3) is 5.89 Å². The van der Waals surface area contributed by atoms with Crippen LogP contribution in [0.3, 0.4) is 0 Å². The quantitative estimate of drug-likeness (QED) is 0.938. The molecular weight excluding hydrogens is 266 g/mol. The minimum atomic E-state index is -0.453. The number of hydrogen-bond donors (Lipinski definition) is 1. The molecule has 1 fully saturated rings. The molecule has 2 aromatic rings. The third-order valence-electron chi connectivity index (χ3n) is 4.42. The van der Waals surface area contributed by atoms with Gasteiger partial charge in [0.2, 0.25) is 0 Å². The molecule has 0 spiro atoms. The summed E-state index contributed by atoms with van der Waals surface area (Å²) in [6, 6.07) is 1.99. The average Bonchev–Trinajstić information content (AvgIpc) is 3.04. The number of nitrogens with two attached hydrogens (primary N) is 1. The number of hydrogen-bond acceptors (Lipinski definition) is 5. The molecule has 2 atom stereocenters. The molecule has 3 rings (SSSR count). The number of nitrogens with zero attached hydrogens (tertiary/aromatic N) is 4. The lowest BCUT2D eigenvalue weighted by molar-refractivity contribution is 0.222. The van der Waals surface area contributed by atoms with Gasteiger partial charge in [-0.2, -0.15) is 10.1 Å². The topological polar surface area (TPSA) is 82.8 Å². The minimum absolute atomic E-state index is 0.453. The Morgan fingerprint density at radius 2 is 2.33 bits per heavy atom. The number of aromatic nitrogens is 4. The predicted octanol–water partition coefficient (Wildman–Crippen LogP) is 2.40. The molecule has 0 bridgehead atoms. The van der Waals surface area contributed by atoms with Crippen LogP contribution in [0.25, 0.3) is 11.6 Å². The Balaban J connectivity index is 1.90. The second-order valence-electron chi connectivity index (χ2n) is 6.28.